The number of hydrogen-bond acceptors (Lipinski definition) is 2. The molecule has 0 saturated heterocycles. The Kier molecular flexibility index (Phi) is 6.46. The molecule has 4 fully saturated rings. The summed E-state index contributed by atoms with van der Waals surface area (Å²) in [6.45, 7) is 17.6. The van der Waals surface area contributed by atoms with E-state index in [1.54, 1.807) is 12.1 Å². The Morgan fingerprint density at radius 2 is 1.70 bits per heavy atom. The highest BCUT2D eigenvalue weighted by atomic mass is 16.4. The maximum atomic E-state index is 12.4. The first kappa shape index (κ1) is 28.4. The van der Waals surface area contributed by atoms with Crippen LogP contribution in [0.3, 0.4) is 0 Å². The Morgan fingerprint density at radius 3 is 2.40 bits per heavy atom. The Morgan fingerprint density at radius 1 is 0.975 bits per heavy atom. The number of fused-ring (bicyclic) bond motifs is 2. The van der Waals surface area contributed by atoms with Gasteiger partial charge in [0.05, 0.1) is 5.56 Å². The van der Waals surface area contributed by atoms with E-state index in [9.17, 15) is 9.90 Å². The molecule has 1 aromatic rings. The minimum absolute atomic E-state index is 0.0982. The third kappa shape index (κ3) is 3.63. The van der Waals surface area contributed by atoms with Crippen molar-refractivity contribution in [1.82, 2.24) is 0 Å². The molecular weight excluding hydrogens is 490 g/mol. The molecule has 0 radical (unpaired) electrons. The van der Waals surface area contributed by atoms with Crippen molar-refractivity contribution in [1.29, 1.82) is 0 Å². The lowest BCUT2D eigenvalue weighted by molar-refractivity contribution is -0.125. The maximum absolute atomic E-state index is 12.4. The van der Waals surface area contributed by atoms with Gasteiger partial charge in [-0.25, -0.2) is 4.79 Å². The highest BCUT2D eigenvalue weighted by Gasteiger charge is 2.82. The lowest BCUT2D eigenvalue weighted by Gasteiger charge is -2.63. The van der Waals surface area contributed by atoms with Crippen molar-refractivity contribution in [2.75, 3.05) is 5.73 Å². The van der Waals surface area contributed by atoms with Crippen molar-refractivity contribution in [2.45, 2.75) is 119 Å². The van der Waals surface area contributed by atoms with Crippen LogP contribution in [0.25, 0.3) is 5.57 Å². The maximum Gasteiger partial charge on any atom is 0.336 e. The van der Waals surface area contributed by atoms with E-state index >= 15 is 0 Å². The predicted molar refractivity (Wildman–Crippen MR) is 166 cm³/mol. The highest BCUT2D eigenvalue weighted by molar-refractivity contribution is 5.96. The zero-order valence-electron chi connectivity index (χ0n) is 26.4. The zero-order chi connectivity index (χ0) is 28.9. The molecule has 5 aliphatic carbocycles. The molecule has 220 valence electrons. The minimum atomic E-state index is -0.830. The number of rotatable bonds is 7. The van der Waals surface area contributed by atoms with Gasteiger partial charge in [0, 0.05) is 11.1 Å². The molecule has 8 atom stereocenters. The topological polar surface area (TPSA) is 63.3 Å². The van der Waals surface area contributed by atoms with Crippen LogP contribution in [0.15, 0.2) is 24.3 Å². The van der Waals surface area contributed by atoms with Gasteiger partial charge >= 0.3 is 5.97 Å². The number of allylic oxidation sites excluding steroid dienone is 2. The molecule has 0 aliphatic heterocycles. The van der Waals surface area contributed by atoms with E-state index in [1.807, 2.05) is 6.07 Å². The molecule has 6 rings (SSSR count). The Labute approximate surface area is 243 Å². The van der Waals surface area contributed by atoms with E-state index in [4.69, 9.17) is 5.73 Å². The lowest BCUT2D eigenvalue weighted by Crippen LogP contribution is -2.56. The molecule has 0 aromatic heterocycles. The predicted octanol–water partition coefficient (Wildman–Crippen LogP) is 9.86. The van der Waals surface area contributed by atoms with Gasteiger partial charge in [0.25, 0.3) is 0 Å². The third-order valence-corrected chi connectivity index (χ3v) is 14.3. The molecule has 0 heterocycles. The standard InChI is InChI=1S/C37H55NO2/c1-23(2)9-8-10-24(3)28-16-18-35(7)31-14-13-30-33(4,5)17-15-29(27-21-25(38)11-12-26(27)32(39)40)37(30)22-36(31,37)20-19-34(28,35)6/h11-12,15,21,23-24,28,30-31H,8-10,13-14,16-20,22,38H2,1-7H3,(H,39,40)/t24-,28-,30+,31+,34-,35+,36+,37+/m1/s1. The number of aromatic carboxylic acids is 1. The van der Waals surface area contributed by atoms with Gasteiger partial charge in [-0.05, 0) is 132 Å². The van der Waals surface area contributed by atoms with Crippen molar-refractivity contribution in [2.24, 2.45) is 56.7 Å². The molecule has 40 heavy (non-hydrogen) atoms. The summed E-state index contributed by atoms with van der Waals surface area (Å²) in [6.07, 6.45) is 16.9. The first-order valence-corrected chi connectivity index (χ1v) is 16.6. The van der Waals surface area contributed by atoms with Gasteiger partial charge in [-0.2, -0.15) is 0 Å². The monoisotopic (exact) mass is 545 g/mol. The van der Waals surface area contributed by atoms with Gasteiger partial charge in [0.1, 0.15) is 0 Å². The van der Waals surface area contributed by atoms with Gasteiger partial charge in [0.2, 0.25) is 0 Å². The van der Waals surface area contributed by atoms with Crippen LogP contribution in [0.4, 0.5) is 5.69 Å². The van der Waals surface area contributed by atoms with E-state index in [0.29, 0.717) is 33.4 Å². The van der Waals surface area contributed by atoms with E-state index < -0.39 is 5.97 Å². The molecule has 1 aromatic carbocycles. The lowest BCUT2D eigenvalue weighted by atomic mass is 9.41. The summed E-state index contributed by atoms with van der Waals surface area (Å²) in [5.74, 6) is 2.95. The molecular formula is C37H55NO2. The van der Waals surface area contributed by atoms with Crippen LogP contribution >= 0.6 is 0 Å². The Bertz CT molecular complexity index is 1230. The number of carboxylic acids is 1. The zero-order valence-corrected chi connectivity index (χ0v) is 26.4. The average Bonchev–Trinajstić information content (AvgIpc) is 3.46. The average molecular weight is 546 g/mol. The van der Waals surface area contributed by atoms with Crippen LogP contribution < -0.4 is 5.73 Å². The Balaban J connectivity index is 1.39. The number of carboxylic acid groups (broad SMARTS) is 1. The summed E-state index contributed by atoms with van der Waals surface area (Å²) in [5.41, 5.74) is 11.1. The number of benzene rings is 1. The minimum Gasteiger partial charge on any atom is -0.478 e. The summed E-state index contributed by atoms with van der Waals surface area (Å²) >= 11 is 0. The molecule has 2 spiro atoms. The quantitative estimate of drug-likeness (QED) is 0.335. The van der Waals surface area contributed by atoms with Gasteiger partial charge < -0.3 is 10.8 Å². The highest BCUT2D eigenvalue weighted by Crippen LogP contribution is 2.90. The van der Waals surface area contributed by atoms with Crippen LogP contribution in [0.5, 0.6) is 0 Å². The van der Waals surface area contributed by atoms with Crippen molar-refractivity contribution in [3.63, 3.8) is 0 Å². The first-order chi connectivity index (χ1) is 18.7. The van der Waals surface area contributed by atoms with Crippen molar-refractivity contribution >= 4 is 17.2 Å². The number of nitrogen functional groups attached to an aromatic ring is 1. The molecule has 0 amide bonds. The third-order valence-electron chi connectivity index (χ3n) is 14.3. The molecule has 3 heteroatoms. The fourth-order valence-corrected chi connectivity index (χ4v) is 12.2. The molecule has 0 bridgehead atoms. The molecule has 5 aliphatic rings. The van der Waals surface area contributed by atoms with Crippen molar-refractivity contribution in [3.05, 3.63) is 35.4 Å². The van der Waals surface area contributed by atoms with Crippen LogP contribution in [0, 0.1) is 56.7 Å². The number of carbonyl (C=O) groups is 1. The van der Waals surface area contributed by atoms with Gasteiger partial charge in [-0.15, -0.1) is 0 Å². The summed E-state index contributed by atoms with van der Waals surface area (Å²) < 4.78 is 0. The Hall–Kier alpha value is -1.77. The fourth-order valence-electron chi connectivity index (χ4n) is 12.2. The van der Waals surface area contributed by atoms with Gasteiger partial charge in [-0.3, -0.25) is 0 Å². The van der Waals surface area contributed by atoms with E-state index in [-0.39, 0.29) is 10.8 Å². The van der Waals surface area contributed by atoms with E-state index in [0.717, 1.165) is 35.7 Å². The summed E-state index contributed by atoms with van der Waals surface area (Å²) in [4.78, 5) is 12.4. The molecule has 3 nitrogen and oxygen atoms in total. The van der Waals surface area contributed by atoms with E-state index in [2.05, 4.69) is 54.5 Å². The van der Waals surface area contributed by atoms with E-state index in [1.165, 1.54) is 69.8 Å². The fraction of sp³-hybridized carbons (Fsp3) is 0.757. The second-order valence-corrected chi connectivity index (χ2v) is 16.7. The SMILES string of the molecule is CC(C)CCC[C@@H](C)[C@H]1CC[C@@]2(C)[C@@H]3CC[C@H]4C(C)(C)CC=C(c5cc(N)ccc5C(=O)O)[C@@]45C[C@@]35CC[C@]12C. The van der Waals surface area contributed by atoms with Crippen LogP contribution in [-0.4, -0.2) is 11.1 Å². The van der Waals surface area contributed by atoms with Gasteiger partial charge in [0.15, 0.2) is 0 Å². The van der Waals surface area contributed by atoms with Crippen LogP contribution in [0.1, 0.15) is 135 Å². The molecule has 4 saturated carbocycles. The van der Waals surface area contributed by atoms with Crippen molar-refractivity contribution < 1.29 is 9.90 Å². The number of anilines is 1. The van der Waals surface area contributed by atoms with Crippen molar-refractivity contribution in [3.8, 4) is 0 Å². The van der Waals surface area contributed by atoms with Crippen LogP contribution in [0.2, 0.25) is 0 Å². The normalized spacial score (nSPS) is 41.8. The molecule has 3 N–H and O–H groups in total. The summed E-state index contributed by atoms with van der Waals surface area (Å²) in [5, 5.41) is 10.2. The van der Waals surface area contributed by atoms with Gasteiger partial charge in [-0.1, -0.05) is 73.8 Å². The van der Waals surface area contributed by atoms with Crippen LogP contribution in [-0.2, 0) is 0 Å². The number of hydrogen-bond donors (Lipinski definition) is 2. The second kappa shape index (κ2) is 9.11. The number of nitrogens with two attached hydrogens (primary N) is 1. The summed E-state index contributed by atoms with van der Waals surface area (Å²) in [7, 11) is 0. The smallest absolute Gasteiger partial charge is 0.336 e. The largest absolute Gasteiger partial charge is 0.478 e. The molecule has 0 unspecified atom stereocenters. The second-order valence-electron chi connectivity index (χ2n) is 16.7. The summed E-state index contributed by atoms with van der Waals surface area (Å²) in [6, 6.07) is 5.49. The first-order valence-electron chi connectivity index (χ1n) is 16.6.